The third kappa shape index (κ3) is 17.0. The number of aromatic nitrogens is 1. The Morgan fingerprint density at radius 2 is 1.57 bits per heavy atom. The summed E-state index contributed by atoms with van der Waals surface area (Å²) in [6.07, 6.45) is 12.8. The first-order chi connectivity index (χ1) is 22.9. The van der Waals surface area contributed by atoms with Gasteiger partial charge in [0, 0.05) is 64.1 Å². The highest BCUT2D eigenvalue weighted by Crippen LogP contribution is 2.20. The highest BCUT2D eigenvalue weighted by Gasteiger charge is 2.24. The Labute approximate surface area is 283 Å². The van der Waals surface area contributed by atoms with Crippen molar-refractivity contribution in [3.63, 3.8) is 0 Å². The van der Waals surface area contributed by atoms with Gasteiger partial charge >= 0.3 is 0 Å². The molecule has 0 spiro atoms. The fraction of sp³-hybridized carbons (Fsp3) is 0.462. The zero-order valence-electron chi connectivity index (χ0n) is 28.6. The van der Waals surface area contributed by atoms with E-state index in [1.54, 1.807) is 23.4 Å². The molecule has 1 aliphatic carbocycles. The van der Waals surface area contributed by atoms with Gasteiger partial charge in [-0.25, -0.2) is 0 Å². The van der Waals surface area contributed by atoms with E-state index in [-0.39, 0.29) is 11.8 Å². The molecule has 5 rings (SSSR count). The number of unbranched alkanes of at least 4 members (excludes halogenated alkanes) is 1. The quantitative estimate of drug-likeness (QED) is 0.134. The molecule has 2 aromatic carbocycles. The number of carbonyl (C=O) groups is 2. The van der Waals surface area contributed by atoms with Crippen molar-refractivity contribution in [2.24, 2.45) is 11.7 Å². The topological polar surface area (TPSA) is 112 Å². The van der Waals surface area contributed by atoms with Gasteiger partial charge in [-0.1, -0.05) is 80.1 Å². The molecule has 0 radical (unpaired) electrons. The first-order valence-corrected chi connectivity index (χ1v) is 17.1. The number of rotatable bonds is 13. The van der Waals surface area contributed by atoms with E-state index in [9.17, 15) is 14.7 Å². The third-order valence-corrected chi connectivity index (χ3v) is 8.12. The summed E-state index contributed by atoms with van der Waals surface area (Å²) >= 11 is 0. The Kier molecular flexibility index (Phi) is 20.4. The highest BCUT2D eigenvalue weighted by molar-refractivity contribution is 5.77. The second kappa shape index (κ2) is 24.3. The zero-order valence-corrected chi connectivity index (χ0v) is 28.6. The molecule has 0 bridgehead atoms. The Morgan fingerprint density at radius 1 is 0.979 bits per heavy atom. The van der Waals surface area contributed by atoms with Crippen LogP contribution >= 0.6 is 0 Å². The number of nitrogens with two attached hydrogens (primary N) is 1. The summed E-state index contributed by atoms with van der Waals surface area (Å²) in [4.78, 5) is 30.2. The monoisotopic (exact) mass is 643 g/mol. The van der Waals surface area contributed by atoms with Crippen LogP contribution in [-0.4, -0.2) is 77.6 Å². The molecule has 1 aliphatic heterocycles. The minimum atomic E-state index is -0.550. The lowest BCUT2D eigenvalue weighted by Crippen LogP contribution is -2.48. The van der Waals surface area contributed by atoms with Gasteiger partial charge in [-0.05, 0) is 73.8 Å². The molecule has 2 unspecified atom stereocenters. The molecule has 2 heterocycles. The number of fused-ring (bicyclic) bond motifs is 1. The lowest BCUT2D eigenvalue weighted by Gasteiger charge is -2.35. The van der Waals surface area contributed by atoms with Crippen molar-refractivity contribution in [3.05, 3.63) is 114 Å². The number of aliphatic hydroxyl groups is 1. The number of hydrogen-bond donors (Lipinski definition) is 3. The van der Waals surface area contributed by atoms with Crippen molar-refractivity contribution in [1.29, 1.82) is 0 Å². The van der Waals surface area contributed by atoms with E-state index < -0.39 is 6.10 Å². The maximum atomic E-state index is 11.8. The van der Waals surface area contributed by atoms with Crippen molar-refractivity contribution in [2.75, 3.05) is 39.3 Å². The minimum absolute atomic E-state index is 0.343. The Hall–Kier alpha value is -3.85. The van der Waals surface area contributed by atoms with Crippen LogP contribution in [0, 0.1) is 5.92 Å². The standard InChI is InChI=1S/C22H30N4O2.C9H10.C5H11NO.C3H6/c23-22(28)20(13-18-5-2-1-3-6-18)14-21(27)17-26-11-9-25(10-12-26)16-19-7-4-8-24-15-19;1-2-5-9-7-3-6-8(9)4-1;1-2-3-4-6-5-7;1-3-2/h1-8,15,20-21,27H,9-14,16-17H2,(H2,23,28);1-2,4-5H,3,6-7H2;5H,2-4H2,1H3,(H,6,7);3H,1H2,2H3. The van der Waals surface area contributed by atoms with Crippen LogP contribution in [0.25, 0.3) is 0 Å². The van der Waals surface area contributed by atoms with Gasteiger partial charge < -0.3 is 16.2 Å². The average molecular weight is 644 g/mol. The summed E-state index contributed by atoms with van der Waals surface area (Å²) in [5.74, 6) is -0.687. The molecule has 1 fully saturated rings. The Morgan fingerprint density at radius 3 is 2.13 bits per heavy atom. The van der Waals surface area contributed by atoms with Gasteiger partial charge in [0.15, 0.2) is 0 Å². The van der Waals surface area contributed by atoms with E-state index in [1.165, 1.54) is 24.8 Å². The molecule has 8 nitrogen and oxygen atoms in total. The smallest absolute Gasteiger partial charge is 0.220 e. The first kappa shape index (κ1) is 39.3. The highest BCUT2D eigenvalue weighted by atomic mass is 16.3. The number of β-amino-alcohol motifs (C(OH)–C–C–N with tert-alkyl or cyclic N) is 1. The van der Waals surface area contributed by atoms with E-state index >= 15 is 0 Å². The maximum absolute atomic E-state index is 11.8. The summed E-state index contributed by atoms with van der Waals surface area (Å²) in [6.45, 7) is 13.4. The van der Waals surface area contributed by atoms with Crippen molar-refractivity contribution < 1.29 is 14.7 Å². The average Bonchev–Trinajstić information content (AvgIpc) is 3.57. The van der Waals surface area contributed by atoms with Gasteiger partial charge in [0.2, 0.25) is 12.3 Å². The Balaban J connectivity index is 0.000000326. The van der Waals surface area contributed by atoms with Crippen molar-refractivity contribution in [3.8, 4) is 0 Å². The number of carbonyl (C=O) groups excluding carboxylic acids is 2. The fourth-order valence-corrected chi connectivity index (χ4v) is 5.63. The first-order valence-electron chi connectivity index (χ1n) is 17.1. The molecule has 1 saturated heterocycles. The molecule has 0 saturated carbocycles. The number of primary amides is 1. The van der Waals surface area contributed by atoms with E-state index in [0.717, 1.165) is 64.1 Å². The van der Waals surface area contributed by atoms with E-state index in [1.807, 2.05) is 49.5 Å². The second-order valence-corrected chi connectivity index (χ2v) is 12.1. The number of benzene rings is 2. The van der Waals surface area contributed by atoms with Gasteiger partial charge in [0.05, 0.1) is 6.10 Å². The minimum Gasteiger partial charge on any atom is -0.392 e. The van der Waals surface area contributed by atoms with Crippen LogP contribution in [0.1, 0.15) is 61.8 Å². The molecule has 1 aromatic heterocycles. The molecule has 4 N–H and O–H groups in total. The van der Waals surface area contributed by atoms with Crippen LogP contribution in [-0.2, 0) is 35.4 Å². The van der Waals surface area contributed by atoms with Gasteiger partial charge in [-0.15, -0.1) is 6.58 Å². The van der Waals surface area contributed by atoms with Crippen LogP contribution in [0.4, 0.5) is 0 Å². The van der Waals surface area contributed by atoms with Crippen molar-refractivity contribution in [1.82, 2.24) is 20.1 Å². The molecule has 2 aliphatic rings. The van der Waals surface area contributed by atoms with Gasteiger partial charge in [0.25, 0.3) is 0 Å². The normalized spacial score (nSPS) is 15.1. The van der Waals surface area contributed by atoms with E-state index in [4.69, 9.17) is 5.73 Å². The van der Waals surface area contributed by atoms with Crippen LogP contribution < -0.4 is 11.1 Å². The van der Waals surface area contributed by atoms with E-state index in [2.05, 4.69) is 63.9 Å². The number of allylic oxidation sites excluding steroid dienone is 1. The molecular weight excluding hydrogens is 586 g/mol. The van der Waals surface area contributed by atoms with Crippen molar-refractivity contribution in [2.45, 2.75) is 71.4 Å². The number of piperazine rings is 1. The number of aliphatic hydroxyl groups excluding tert-OH is 1. The molecule has 256 valence electrons. The summed E-state index contributed by atoms with van der Waals surface area (Å²) in [6, 6.07) is 22.6. The third-order valence-electron chi connectivity index (χ3n) is 8.12. The molecule has 2 atom stereocenters. The lowest BCUT2D eigenvalue weighted by molar-refractivity contribution is -0.123. The van der Waals surface area contributed by atoms with Crippen LogP contribution in [0.15, 0.2) is 91.8 Å². The van der Waals surface area contributed by atoms with Gasteiger partial charge in [-0.2, -0.15) is 0 Å². The molecule has 3 aromatic rings. The largest absolute Gasteiger partial charge is 0.392 e. The number of nitrogens with zero attached hydrogens (tertiary/aromatic N) is 3. The van der Waals surface area contributed by atoms with Crippen LogP contribution in [0.3, 0.4) is 0 Å². The predicted molar refractivity (Wildman–Crippen MR) is 193 cm³/mol. The van der Waals surface area contributed by atoms with Crippen molar-refractivity contribution >= 4 is 12.3 Å². The van der Waals surface area contributed by atoms with Gasteiger partial charge in [0.1, 0.15) is 0 Å². The number of pyridine rings is 1. The second-order valence-electron chi connectivity index (χ2n) is 12.1. The van der Waals surface area contributed by atoms with Crippen LogP contribution in [0.2, 0.25) is 0 Å². The van der Waals surface area contributed by atoms with Gasteiger partial charge in [-0.3, -0.25) is 24.4 Å². The fourth-order valence-electron chi connectivity index (χ4n) is 5.63. The maximum Gasteiger partial charge on any atom is 0.220 e. The molecule has 8 heteroatoms. The summed E-state index contributed by atoms with van der Waals surface area (Å²) in [5.41, 5.74) is 11.0. The number of hydrogen-bond acceptors (Lipinski definition) is 6. The molecular formula is C39H57N5O3. The molecule has 47 heavy (non-hydrogen) atoms. The number of aryl methyl sites for hydroxylation is 2. The molecule has 2 amide bonds. The summed E-state index contributed by atoms with van der Waals surface area (Å²) in [5, 5.41) is 13.1. The Bertz CT molecular complexity index is 1230. The summed E-state index contributed by atoms with van der Waals surface area (Å²) in [7, 11) is 0. The van der Waals surface area contributed by atoms with E-state index in [0.29, 0.717) is 19.4 Å². The van der Waals surface area contributed by atoms with Crippen LogP contribution in [0.5, 0.6) is 0 Å². The number of nitrogens with one attached hydrogen (secondary N) is 1. The SMILES string of the molecule is C=CC.CCCCNC=O.NC(=O)C(Cc1ccccc1)CC(O)CN1CCN(Cc2cccnc2)CC1.c1ccc2c(c1)CCC2. The lowest BCUT2D eigenvalue weighted by atomic mass is 9.93. The number of amides is 2. The predicted octanol–water partition coefficient (Wildman–Crippen LogP) is 5.19. The summed E-state index contributed by atoms with van der Waals surface area (Å²) < 4.78 is 0. The zero-order chi connectivity index (χ0) is 34.1.